The third-order valence-corrected chi connectivity index (χ3v) is 12.0. The number of carbonyl (C=O) groups excluding carboxylic acids is 7. The van der Waals surface area contributed by atoms with Crippen LogP contribution in [0.3, 0.4) is 0 Å². The largest absolute Gasteiger partial charge is 0.492 e. The molecule has 1 fully saturated rings. The molecule has 0 saturated carbocycles. The van der Waals surface area contributed by atoms with E-state index >= 15 is 0 Å². The maximum atomic E-state index is 14.3. The van der Waals surface area contributed by atoms with Crippen LogP contribution < -0.4 is 41.1 Å². The van der Waals surface area contributed by atoms with Crippen molar-refractivity contribution in [3.8, 4) is 5.75 Å². The zero-order valence-electron chi connectivity index (χ0n) is 41.6. The molecule has 1 saturated heterocycles. The predicted molar refractivity (Wildman–Crippen MR) is 270 cm³/mol. The number of benzene rings is 4. The van der Waals surface area contributed by atoms with Gasteiger partial charge in [0.15, 0.2) is 0 Å². The second kappa shape index (κ2) is 23.8. The van der Waals surface area contributed by atoms with E-state index in [4.69, 9.17) is 14.2 Å². The number of amides is 8. The number of para-hydroxylation sites is 1. The number of hydrogen-bond acceptors (Lipinski definition) is 11. The topological polar surface area (TPSA) is 220 Å². The number of anilines is 5. The molecule has 2 heterocycles. The molecule has 0 unspecified atom stereocenters. The summed E-state index contributed by atoms with van der Waals surface area (Å²) in [5.74, 6) is -0.283. The standard InChI is InChI=1S/C52H65N9O10/c1-9-46(63)60-33(2)30-44(42-12-10-11-13-43(42)60)61(51(68)70-32-36-14-16-38(17-15-36)56-47(64)34(3)54-50(67)71-52(5,6)7)40-22-18-37(19-23-40)55-45(62)31-53-49(66)57-39-20-24-41(25-21-39)69-29-28-59-27-26-58(8)48(65)35(59)4/h10-25,33-35,44H,9,26-32H2,1-8H3,(H,54,67)(H,55,62)(H,56,64)(H2,53,57,66)/t33-,34-,35+,44+/m0/s1. The van der Waals surface area contributed by atoms with E-state index in [9.17, 15) is 33.6 Å². The minimum absolute atomic E-state index is 0.0405. The van der Waals surface area contributed by atoms with Crippen molar-refractivity contribution >= 4 is 70.3 Å². The Morgan fingerprint density at radius 1 is 0.817 bits per heavy atom. The van der Waals surface area contributed by atoms with Crippen LogP contribution in [0.1, 0.15) is 78.5 Å². The fourth-order valence-electron chi connectivity index (χ4n) is 8.21. The lowest BCUT2D eigenvalue weighted by Crippen LogP contribution is -2.55. The number of fused-ring (bicyclic) bond motifs is 1. The van der Waals surface area contributed by atoms with E-state index in [1.807, 2.05) is 45.0 Å². The van der Waals surface area contributed by atoms with Gasteiger partial charge in [0.05, 0.1) is 18.6 Å². The number of urea groups is 1. The van der Waals surface area contributed by atoms with Crippen molar-refractivity contribution in [3.63, 3.8) is 0 Å². The molecule has 8 amide bonds. The van der Waals surface area contributed by atoms with Gasteiger partial charge in [0.2, 0.25) is 23.6 Å². The van der Waals surface area contributed by atoms with Gasteiger partial charge in [-0.25, -0.2) is 14.4 Å². The van der Waals surface area contributed by atoms with Crippen LogP contribution in [0.2, 0.25) is 0 Å². The van der Waals surface area contributed by atoms with Crippen LogP contribution >= 0.6 is 0 Å². The van der Waals surface area contributed by atoms with Crippen LogP contribution in [0.15, 0.2) is 97.1 Å². The van der Waals surface area contributed by atoms with Crippen LogP contribution in [0, 0.1) is 0 Å². The van der Waals surface area contributed by atoms with E-state index in [1.165, 1.54) is 6.92 Å². The van der Waals surface area contributed by atoms with Crippen molar-refractivity contribution in [2.24, 2.45) is 0 Å². The smallest absolute Gasteiger partial charge is 0.415 e. The summed E-state index contributed by atoms with van der Waals surface area (Å²) >= 11 is 0. The highest BCUT2D eigenvalue weighted by molar-refractivity contribution is 5.99. The summed E-state index contributed by atoms with van der Waals surface area (Å²) in [6.07, 6.45) is -0.663. The third-order valence-electron chi connectivity index (χ3n) is 12.0. The third kappa shape index (κ3) is 14.4. The van der Waals surface area contributed by atoms with E-state index in [0.717, 1.165) is 12.1 Å². The normalized spacial score (nSPS) is 17.2. The van der Waals surface area contributed by atoms with Crippen LogP contribution in [0.5, 0.6) is 5.75 Å². The number of nitrogens with one attached hydrogen (secondary N) is 5. The van der Waals surface area contributed by atoms with Gasteiger partial charge in [0.1, 0.15) is 30.6 Å². The maximum Gasteiger partial charge on any atom is 0.415 e. The van der Waals surface area contributed by atoms with Gasteiger partial charge in [-0.3, -0.25) is 29.0 Å². The molecule has 19 nitrogen and oxygen atoms in total. The number of carbonyl (C=O) groups is 7. The molecule has 6 rings (SSSR count). The van der Waals surface area contributed by atoms with E-state index in [2.05, 4.69) is 31.5 Å². The minimum Gasteiger partial charge on any atom is -0.492 e. The Bertz CT molecular complexity index is 2530. The molecule has 0 spiro atoms. The van der Waals surface area contributed by atoms with E-state index < -0.39 is 47.7 Å². The van der Waals surface area contributed by atoms with Gasteiger partial charge in [-0.15, -0.1) is 0 Å². The first-order valence-electron chi connectivity index (χ1n) is 23.7. The Morgan fingerprint density at radius 2 is 1.45 bits per heavy atom. The van der Waals surface area contributed by atoms with Gasteiger partial charge in [0, 0.05) is 67.6 Å². The number of piperazine rings is 1. The summed E-state index contributed by atoms with van der Waals surface area (Å²) in [5.41, 5.74) is 3.22. The zero-order chi connectivity index (χ0) is 51.4. The quantitative estimate of drug-likeness (QED) is 0.0752. The summed E-state index contributed by atoms with van der Waals surface area (Å²) in [6.45, 7) is 14.4. The molecule has 2 aliphatic rings. The molecule has 5 N–H and O–H groups in total. The van der Waals surface area contributed by atoms with Gasteiger partial charge in [-0.05, 0) is 126 Å². The molecule has 4 aromatic rings. The highest BCUT2D eigenvalue weighted by Crippen LogP contribution is 2.43. The van der Waals surface area contributed by atoms with Crippen molar-refractivity contribution in [1.29, 1.82) is 0 Å². The zero-order valence-corrected chi connectivity index (χ0v) is 41.6. The van der Waals surface area contributed by atoms with Crippen molar-refractivity contribution in [1.82, 2.24) is 20.4 Å². The Balaban J connectivity index is 1.06. The highest BCUT2D eigenvalue weighted by atomic mass is 16.6. The molecule has 378 valence electrons. The summed E-state index contributed by atoms with van der Waals surface area (Å²) in [5, 5.41) is 13.3. The average molecular weight is 976 g/mol. The number of hydrogen-bond donors (Lipinski definition) is 5. The summed E-state index contributed by atoms with van der Waals surface area (Å²) in [4.78, 5) is 97.6. The SMILES string of the molecule is CCC(=O)N1c2ccccc2[C@H](N(C(=O)OCc2ccc(NC(=O)[C@H](C)NC(=O)OC(C)(C)C)cc2)c2ccc(NC(=O)CNC(=O)Nc3ccc(OCCN4CCN(C)C(=O)[C@H]4C)cc3)cc2)C[C@@H]1C. The Labute approximate surface area is 414 Å². The first kappa shape index (κ1) is 52.7. The predicted octanol–water partition coefficient (Wildman–Crippen LogP) is 7.26. The van der Waals surface area contributed by atoms with Gasteiger partial charge < -0.3 is 50.6 Å². The summed E-state index contributed by atoms with van der Waals surface area (Å²) in [6, 6.07) is 25.2. The lowest BCUT2D eigenvalue weighted by molar-refractivity contribution is -0.139. The first-order valence-corrected chi connectivity index (χ1v) is 23.7. The number of alkyl carbamates (subject to hydrolysis) is 1. The summed E-state index contributed by atoms with van der Waals surface area (Å²) < 4.78 is 17.1. The molecule has 2 aliphatic heterocycles. The molecule has 4 aromatic carbocycles. The van der Waals surface area contributed by atoms with Crippen LogP contribution in [0.4, 0.5) is 42.8 Å². The van der Waals surface area contributed by atoms with Crippen LogP contribution in [0.25, 0.3) is 0 Å². The van der Waals surface area contributed by atoms with E-state index in [0.29, 0.717) is 72.3 Å². The van der Waals surface area contributed by atoms with Crippen molar-refractivity contribution < 1.29 is 47.8 Å². The lowest BCUT2D eigenvalue weighted by Gasteiger charge is -2.43. The molecule has 0 radical (unpaired) electrons. The Kier molecular flexibility index (Phi) is 17.6. The number of likely N-dealkylation sites (N-methyl/N-ethyl adjacent to an activating group) is 1. The number of rotatable bonds is 16. The lowest BCUT2D eigenvalue weighted by atomic mass is 9.90. The van der Waals surface area contributed by atoms with Crippen molar-refractivity contribution in [3.05, 3.63) is 108 Å². The summed E-state index contributed by atoms with van der Waals surface area (Å²) in [7, 11) is 1.80. The molecule has 0 aliphatic carbocycles. The maximum absolute atomic E-state index is 14.3. The molecule has 0 aromatic heterocycles. The second-order valence-corrected chi connectivity index (χ2v) is 18.5. The number of ether oxygens (including phenoxy) is 3. The monoisotopic (exact) mass is 975 g/mol. The molecule has 0 bridgehead atoms. The average Bonchev–Trinajstić information content (AvgIpc) is 3.33. The van der Waals surface area contributed by atoms with Gasteiger partial charge >= 0.3 is 18.2 Å². The van der Waals surface area contributed by atoms with Gasteiger partial charge in [0.25, 0.3) is 0 Å². The Morgan fingerprint density at radius 3 is 2.13 bits per heavy atom. The van der Waals surface area contributed by atoms with E-state index in [1.54, 1.807) is 115 Å². The number of nitrogens with zero attached hydrogens (tertiary/aromatic N) is 4. The second-order valence-electron chi connectivity index (χ2n) is 18.5. The van der Waals surface area contributed by atoms with E-state index in [-0.39, 0.29) is 37.0 Å². The molecule has 19 heteroatoms. The molecular formula is C52H65N9O10. The first-order chi connectivity index (χ1) is 33.8. The van der Waals surface area contributed by atoms with Crippen molar-refractivity contribution in [2.75, 3.05) is 65.6 Å². The van der Waals surface area contributed by atoms with Crippen LogP contribution in [-0.4, -0.2) is 115 Å². The van der Waals surface area contributed by atoms with Crippen molar-refractivity contribution in [2.45, 2.75) is 97.7 Å². The molecule has 71 heavy (non-hydrogen) atoms. The molecular weight excluding hydrogens is 911 g/mol. The molecule has 4 atom stereocenters. The highest BCUT2D eigenvalue weighted by Gasteiger charge is 2.39. The fraction of sp³-hybridized carbons (Fsp3) is 0.404. The Hall–Kier alpha value is -7.67. The van der Waals surface area contributed by atoms with Gasteiger partial charge in [-0.2, -0.15) is 0 Å². The fourth-order valence-corrected chi connectivity index (χ4v) is 8.21. The van der Waals surface area contributed by atoms with Crippen LogP contribution in [-0.2, 0) is 35.3 Å². The van der Waals surface area contributed by atoms with Gasteiger partial charge in [-0.1, -0.05) is 37.3 Å². The minimum atomic E-state index is -0.876.